The highest BCUT2D eigenvalue weighted by atomic mass is 16.5. The van der Waals surface area contributed by atoms with Crippen LogP contribution in [-0.2, 0) is 11.3 Å². The van der Waals surface area contributed by atoms with E-state index < -0.39 is 0 Å². The molecular formula is C17H22N4O2. The van der Waals surface area contributed by atoms with Gasteiger partial charge in [0.1, 0.15) is 0 Å². The Kier molecular flexibility index (Phi) is 4.71. The summed E-state index contributed by atoms with van der Waals surface area (Å²) in [5, 5.41) is 6.81. The molecule has 1 aliphatic rings. The van der Waals surface area contributed by atoms with Gasteiger partial charge in [0, 0.05) is 18.5 Å². The standard InChI is InChI=1S/C17H22N4O2/c1-12-4-3-5-14(10-12)17-19-15(20-23-17)11-21-8-6-13(7-9-21)16(22)18-2/h3-5,10,13H,6-9,11H2,1-2H3,(H,18,22). The van der Waals surface area contributed by atoms with Crippen molar-refractivity contribution in [3.05, 3.63) is 35.7 Å². The van der Waals surface area contributed by atoms with Crippen molar-refractivity contribution in [1.29, 1.82) is 0 Å². The molecule has 6 nitrogen and oxygen atoms in total. The summed E-state index contributed by atoms with van der Waals surface area (Å²) in [6.07, 6.45) is 1.75. The molecule has 2 heterocycles. The van der Waals surface area contributed by atoms with Crippen molar-refractivity contribution in [2.24, 2.45) is 5.92 Å². The molecule has 0 unspecified atom stereocenters. The van der Waals surface area contributed by atoms with E-state index in [0.717, 1.165) is 31.5 Å². The third-order valence-corrected chi connectivity index (χ3v) is 4.30. The van der Waals surface area contributed by atoms with Gasteiger partial charge in [0.25, 0.3) is 5.89 Å². The highest BCUT2D eigenvalue weighted by molar-refractivity contribution is 5.78. The van der Waals surface area contributed by atoms with Crippen LogP contribution < -0.4 is 5.32 Å². The number of likely N-dealkylation sites (tertiary alicyclic amines) is 1. The topological polar surface area (TPSA) is 71.3 Å². The molecule has 0 spiro atoms. The lowest BCUT2D eigenvalue weighted by Gasteiger charge is -2.29. The molecule has 0 aliphatic carbocycles. The van der Waals surface area contributed by atoms with Crippen LogP contribution in [0.15, 0.2) is 28.8 Å². The Morgan fingerprint density at radius 1 is 1.39 bits per heavy atom. The van der Waals surface area contributed by atoms with E-state index in [0.29, 0.717) is 18.3 Å². The quantitative estimate of drug-likeness (QED) is 0.934. The first-order valence-corrected chi connectivity index (χ1v) is 7.99. The monoisotopic (exact) mass is 314 g/mol. The summed E-state index contributed by atoms with van der Waals surface area (Å²) >= 11 is 0. The molecule has 0 radical (unpaired) electrons. The van der Waals surface area contributed by atoms with Crippen molar-refractivity contribution in [2.75, 3.05) is 20.1 Å². The van der Waals surface area contributed by atoms with Gasteiger partial charge in [-0.15, -0.1) is 0 Å². The van der Waals surface area contributed by atoms with Crippen LogP contribution in [0.4, 0.5) is 0 Å². The Bertz CT molecular complexity index is 675. The van der Waals surface area contributed by atoms with E-state index >= 15 is 0 Å². The van der Waals surface area contributed by atoms with Crippen molar-refractivity contribution in [1.82, 2.24) is 20.4 Å². The minimum Gasteiger partial charge on any atom is -0.359 e. The van der Waals surface area contributed by atoms with Crippen molar-refractivity contribution in [3.63, 3.8) is 0 Å². The van der Waals surface area contributed by atoms with E-state index in [1.165, 1.54) is 5.56 Å². The van der Waals surface area contributed by atoms with E-state index in [-0.39, 0.29) is 11.8 Å². The average Bonchev–Trinajstić information content (AvgIpc) is 3.03. The van der Waals surface area contributed by atoms with Crippen molar-refractivity contribution in [2.45, 2.75) is 26.3 Å². The van der Waals surface area contributed by atoms with Gasteiger partial charge in [0.2, 0.25) is 5.91 Å². The van der Waals surface area contributed by atoms with Crippen molar-refractivity contribution in [3.8, 4) is 11.5 Å². The zero-order valence-corrected chi connectivity index (χ0v) is 13.6. The van der Waals surface area contributed by atoms with Crippen LogP contribution in [-0.4, -0.2) is 41.1 Å². The SMILES string of the molecule is CNC(=O)C1CCN(Cc2noc(-c3cccc(C)c3)n2)CC1. The summed E-state index contributed by atoms with van der Waals surface area (Å²) in [5.41, 5.74) is 2.11. The van der Waals surface area contributed by atoms with Crippen LogP contribution in [0.25, 0.3) is 11.5 Å². The van der Waals surface area contributed by atoms with E-state index in [9.17, 15) is 4.79 Å². The number of aromatic nitrogens is 2. The molecule has 122 valence electrons. The van der Waals surface area contributed by atoms with Gasteiger partial charge in [-0.05, 0) is 45.0 Å². The van der Waals surface area contributed by atoms with Crippen molar-refractivity contribution < 1.29 is 9.32 Å². The summed E-state index contributed by atoms with van der Waals surface area (Å²) in [4.78, 5) is 18.4. The van der Waals surface area contributed by atoms with Crippen LogP contribution in [0.3, 0.4) is 0 Å². The van der Waals surface area contributed by atoms with Gasteiger partial charge in [0.05, 0.1) is 6.54 Å². The predicted octanol–water partition coefficient (Wildman–Crippen LogP) is 2.00. The maximum atomic E-state index is 11.7. The number of nitrogens with zero attached hydrogens (tertiary/aromatic N) is 3. The molecule has 2 aromatic rings. The van der Waals surface area contributed by atoms with E-state index in [4.69, 9.17) is 4.52 Å². The first-order valence-electron chi connectivity index (χ1n) is 7.99. The summed E-state index contributed by atoms with van der Waals surface area (Å²) in [5.74, 6) is 1.53. The average molecular weight is 314 g/mol. The first kappa shape index (κ1) is 15.7. The van der Waals surface area contributed by atoms with Gasteiger partial charge in [0.15, 0.2) is 5.82 Å². The molecule has 23 heavy (non-hydrogen) atoms. The second-order valence-electron chi connectivity index (χ2n) is 6.05. The lowest BCUT2D eigenvalue weighted by Crippen LogP contribution is -2.39. The predicted molar refractivity (Wildman–Crippen MR) is 86.5 cm³/mol. The highest BCUT2D eigenvalue weighted by Gasteiger charge is 2.25. The number of nitrogens with one attached hydrogen (secondary N) is 1. The molecule has 0 bridgehead atoms. The largest absolute Gasteiger partial charge is 0.359 e. The lowest BCUT2D eigenvalue weighted by molar-refractivity contribution is -0.125. The molecule has 1 saturated heterocycles. The zero-order valence-electron chi connectivity index (χ0n) is 13.6. The Morgan fingerprint density at radius 2 is 2.17 bits per heavy atom. The summed E-state index contributed by atoms with van der Waals surface area (Å²) in [6, 6.07) is 8.03. The molecule has 1 aromatic carbocycles. The second kappa shape index (κ2) is 6.91. The van der Waals surface area contributed by atoms with E-state index in [2.05, 4.69) is 20.4 Å². The van der Waals surface area contributed by atoms with Gasteiger partial charge in [-0.1, -0.05) is 22.9 Å². The fraction of sp³-hybridized carbons (Fsp3) is 0.471. The normalized spacial score (nSPS) is 16.4. The molecule has 0 atom stereocenters. The minimum absolute atomic E-state index is 0.129. The Morgan fingerprint density at radius 3 is 2.87 bits per heavy atom. The van der Waals surface area contributed by atoms with E-state index in [1.807, 2.05) is 31.2 Å². The van der Waals surface area contributed by atoms with Gasteiger partial charge >= 0.3 is 0 Å². The molecule has 1 N–H and O–H groups in total. The van der Waals surface area contributed by atoms with Crippen LogP contribution in [0.2, 0.25) is 0 Å². The number of piperidine rings is 1. The molecule has 1 fully saturated rings. The van der Waals surface area contributed by atoms with Gasteiger partial charge in [-0.2, -0.15) is 4.98 Å². The molecule has 3 rings (SSSR count). The maximum absolute atomic E-state index is 11.7. The number of carbonyl (C=O) groups is 1. The second-order valence-corrected chi connectivity index (χ2v) is 6.05. The number of hydrogen-bond acceptors (Lipinski definition) is 5. The third-order valence-electron chi connectivity index (χ3n) is 4.30. The zero-order chi connectivity index (χ0) is 16.2. The lowest BCUT2D eigenvalue weighted by atomic mass is 9.96. The Hall–Kier alpha value is -2.21. The summed E-state index contributed by atoms with van der Waals surface area (Å²) in [7, 11) is 1.70. The highest BCUT2D eigenvalue weighted by Crippen LogP contribution is 2.21. The fourth-order valence-electron chi connectivity index (χ4n) is 2.97. The molecule has 0 saturated carbocycles. The summed E-state index contributed by atoms with van der Waals surface area (Å²) in [6.45, 7) is 4.46. The number of rotatable bonds is 4. The number of aryl methyl sites for hydroxylation is 1. The molecule has 1 aliphatic heterocycles. The molecule has 1 aromatic heterocycles. The maximum Gasteiger partial charge on any atom is 0.257 e. The Balaban J connectivity index is 1.59. The molecule has 1 amide bonds. The van der Waals surface area contributed by atoms with Crippen LogP contribution in [0.5, 0.6) is 0 Å². The fourth-order valence-corrected chi connectivity index (χ4v) is 2.97. The van der Waals surface area contributed by atoms with Gasteiger partial charge < -0.3 is 9.84 Å². The van der Waals surface area contributed by atoms with Gasteiger partial charge in [-0.25, -0.2) is 0 Å². The number of carbonyl (C=O) groups excluding carboxylic acids is 1. The van der Waals surface area contributed by atoms with Gasteiger partial charge in [-0.3, -0.25) is 9.69 Å². The smallest absolute Gasteiger partial charge is 0.257 e. The van der Waals surface area contributed by atoms with Crippen LogP contribution >= 0.6 is 0 Å². The summed E-state index contributed by atoms with van der Waals surface area (Å²) < 4.78 is 5.37. The third kappa shape index (κ3) is 3.76. The van der Waals surface area contributed by atoms with Crippen LogP contribution in [0.1, 0.15) is 24.2 Å². The number of benzene rings is 1. The number of amides is 1. The number of hydrogen-bond donors (Lipinski definition) is 1. The van der Waals surface area contributed by atoms with Crippen molar-refractivity contribution >= 4 is 5.91 Å². The first-order chi connectivity index (χ1) is 11.2. The minimum atomic E-state index is 0.129. The van der Waals surface area contributed by atoms with Crippen LogP contribution in [0, 0.1) is 12.8 Å². The Labute approximate surface area is 135 Å². The van der Waals surface area contributed by atoms with E-state index in [1.54, 1.807) is 7.05 Å². The molecular weight excluding hydrogens is 292 g/mol. The molecule has 6 heteroatoms.